The van der Waals surface area contributed by atoms with Crippen LogP contribution in [0.15, 0.2) is 259 Å². The molecule has 2 aromatic heterocycles. The Morgan fingerprint density at radius 3 is 1.38 bits per heavy atom. The highest BCUT2D eigenvalue weighted by Crippen LogP contribution is 2.41. The van der Waals surface area contributed by atoms with Gasteiger partial charge in [-0.15, -0.1) is 11.3 Å². The Bertz CT molecular complexity index is 3570. The lowest BCUT2D eigenvalue weighted by Crippen LogP contribution is -2.74. The first-order valence-corrected chi connectivity index (χ1v) is 24.9. The van der Waals surface area contributed by atoms with Crippen LogP contribution < -0.4 is 30.5 Å². The van der Waals surface area contributed by atoms with Crippen LogP contribution >= 0.6 is 11.3 Å². The van der Waals surface area contributed by atoms with Crippen molar-refractivity contribution in [3.8, 4) is 0 Å². The van der Waals surface area contributed by atoms with Gasteiger partial charge < -0.3 is 14.2 Å². The van der Waals surface area contributed by atoms with Crippen molar-refractivity contribution in [2.75, 3.05) is 9.80 Å². The van der Waals surface area contributed by atoms with E-state index >= 15 is 0 Å². The van der Waals surface area contributed by atoms with Crippen molar-refractivity contribution in [1.82, 2.24) is 0 Å². The predicted molar refractivity (Wildman–Crippen MR) is 280 cm³/mol. The highest BCUT2D eigenvalue weighted by molar-refractivity contribution is 7.25. The van der Waals surface area contributed by atoms with Gasteiger partial charge in [-0.1, -0.05) is 164 Å². The fraction of sp³-hybridized carbons (Fsp3) is 0. The average molecular weight is 867 g/mol. The van der Waals surface area contributed by atoms with Gasteiger partial charge in [0, 0.05) is 71.1 Å². The van der Waals surface area contributed by atoms with Gasteiger partial charge in [0.1, 0.15) is 11.2 Å². The molecule has 12 aromatic rings. The summed E-state index contributed by atoms with van der Waals surface area (Å²) in [6, 6.07) is 93.0. The van der Waals surface area contributed by atoms with Crippen LogP contribution in [0.4, 0.5) is 34.1 Å². The van der Waals surface area contributed by atoms with E-state index in [4.69, 9.17) is 4.42 Å². The molecular formula is C60H42N2OSSi. The Kier molecular flexibility index (Phi) is 9.70. The molecule has 3 nitrogen and oxygen atoms in total. The Hall–Kier alpha value is -7.96. The van der Waals surface area contributed by atoms with Crippen LogP contribution in [0.2, 0.25) is 0 Å². The topological polar surface area (TPSA) is 19.6 Å². The molecule has 0 aliphatic carbocycles. The zero-order valence-corrected chi connectivity index (χ0v) is 37.3. The van der Waals surface area contributed by atoms with Crippen LogP contribution in [0.5, 0.6) is 0 Å². The van der Waals surface area contributed by atoms with E-state index in [1.54, 1.807) is 0 Å². The largest absolute Gasteiger partial charge is 0.456 e. The number of hydrogen-bond donors (Lipinski definition) is 0. The van der Waals surface area contributed by atoms with Crippen molar-refractivity contribution in [2.45, 2.75) is 0 Å². The fourth-order valence-corrected chi connectivity index (χ4v) is 15.8. The maximum atomic E-state index is 6.46. The molecule has 0 amide bonds. The normalized spacial score (nSPS) is 11.7. The van der Waals surface area contributed by atoms with E-state index in [1.165, 1.54) is 40.9 Å². The van der Waals surface area contributed by atoms with Gasteiger partial charge in [-0.2, -0.15) is 0 Å². The Morgan fingerprint density at radius 2 is 0.708 bits per heavy atom. The summed E-state index contributed by atoms with van der Waals surface area (Å²) in [5, 5.41) is 10.1. The molecule has 0 spiro atoms. The van der Waals surface area contributed by atoms with E-state index in [-0.39, 0.29) is 0 Å². The predicted octanol–water partition coefficient (Wildman–Crippen LogP) is 14.3. The zero-order chi connectivity index (χ0) is 43.2. The second-order valence-electron chi connectivity index (χ2n) is 16.5. The lowest BCUT2D eigenvalue weighted by atomic mass is 10.1. The maximum Gasteiger partial charge on any atom is 0.179 e. The third-order valence-electron chi connectivity index (χ3n) is 12.8. The summed E-state index contributed by atoms with van der Waals surface area (Å²) < 4.78 is 9.05. The summed E-state index contributed by atoms with van der Waals surface area (Å²) in [7, 11) is -2.98. The van der Waals surface area contributed by atoms with E-state index in [2.05, 4.69) is 252 Å². The van der Waals surface area contributed by atoms with Gasteiger partial charge in [0.2, 0.25) is 0 Å². The molecule has 0 atom stereocenters. The smallest absolute Gasteiger partial charge is 0.179 e. The average Bonchev–Trinajstić information content (AvgIpc) is 3.94. The third-order valence-corrected chi connectivity index (χ3v) is 18.7. The van der Waals surface area contributed by atoms with Crippen LogP contribution in [0.1, 0.15) is 0 Å². The van der Waals surface area contributed by atoms with E-state index < -0.39 is 8.07 Å². The van der Waals surface area contributed by atoms with Crippen LogP contribution in [0, 0.1) is 0 Å². The molecule has 0 unspecified atom stereocenters. The molecule has 0 bridgehead atoms. The minimum absolute atomic E-state index is 0.867. The molecule has 0 saturated heterocycles. The highest BCUT2D eigenvalue weighted by atomic mass is 32.1. The molecule has 0 radical (unpaired) electrons. The van der Waals surface area contributed by atoms with Crippen LogP contribution in [0.25, 0.3) is 42.1 Å². The molecule has 2 heterocycles. The summed E-state index contributed by atoms with van der Waals surface area (Å²) in [6.07, 6.45) is 0. The molecule has 0 N–H and O–H groups in total. The van der Waals surface area contributed by atoms with Gasteiger partial charge in [0.25, 0.3) is 0 Å². The second-order valence-corrected chi connectivity index (χ2v) is 21.4. The van der Waals surface area contributed by atoms with Gasteiger partial charge in [-0.05, 0) is 106 Å². The van der Waals surface area contributed by atoms with E-state index in [0.717, 1.165) is 56.1 Å². The van der Waals surface area contributed by atoms with Crippen molar-refractivity contribution in [3.63, 3.8) is 0 Å². The number of para-hydroxylation sites is 3. The highest BCUT2D eigenvalue weighted by Gasteiger charge is 2.42. The third kappa shape index (κ3) is 6.72. The lowest BCUT2D eigenvalue weighted by molar-refractivity contribution is 0.669. The second kappa shape index (κ2) is 16.3. The van der Waals surface area contributed by atoms with E-state index in [1.807, 2.05) is 23.5 Å². The minimum Gasteiger partial charge on any atom is -0.456 e. The van der Waals surface area contributed by atoms with Crippen molar-refractivity contribution in [3.05, 3.63) is 255 Å². The van der Waals surface area contributed by atoms with Gasteiger partial charge in [-0.3, -0.25) is 0 Å². The lowest BCUT2D eigenvalue weighted by Gasteiger charge is -2.36. The molecular weight excluding hydrogens is 825 g/mol. The Labute approximate surface area is 383 Å². The number of thiophene rings is 1. The van der Waals surface area contributed by atoms with Crippen molar-refractivity contribution in [1.29, 1.82) is 0 Å². The standard InChI is InChI=1S/C60H42N2OSSi/c1-5-18-43(19-6-1)61(48-35-39-56-55-29-14-16-31-59(55)64-60(56)42-48)45-32-36-51(37-33-45)65(49-23-9-3-10-24-49,50-25-11-4-12-26-50)52-27-17-22-46(40-52)62(44-20-7-2-8-21-44)47-34-38-54-53-28-13-15-30-57(53)63-58(54)41-47/h1-42H. The van der Waals surface area contributed by atoms with Gasteiger partial charge in [-0.25, -0.2) is 0 Å². The summed E-state index contributed by atoms with van der Waals surface area (Å²) in [4.78, 5) is 4.75. The zero-order valence-electron chi connectivity index (χ0n) is 35.5. The SMILES string of the molecule is c1ccc(N(c2cccc([Si](c3ccccc3)(c3ccccc3)c3ccc(N(c4ccccc4)c4ccc5c(c4)sc4ccccc45)cc3)c2)c2ccc3c(c2)oc2ccccc23)cc1. The molecule has 0 aliphatic heterocycles. The molecule has 0 aliphatic rings. The molecule has 12 rings (SSSR count). The van der Waals surface area contributed by atoms with Crippen molar-refractivity contribution < 1.29 is 4.42 Å². The Balaban J connectivity index is 1.04. The van der Waals surface area contributed by atoms with Gasteiger partial charge in [0.05, 0.1) is 0 Å². The molecule has 308 valence electrons. The molecule has 0 fully saturated rings. The summed E-state index contributed by atoms with van der Waals surface area (Å²) in [5.74, 6) is 0. The fourth-order valence-electron chi connectivity index (χ4n) is 9.87. The summed E-state index contributed by atoms with van der Waals surface area (Å²) in [6.45, 7) is 0. The van der Waals surface area contributed by atoms with Gasteiger partial charge >= 0.3 is 0 Å². The molecule has 0 saturated carbocycles. The summed E-state index contributed by atoms with van der Waals surface area (Å²) >= 11 is 1.85. The molecule has 10 aromatic carbocycles. The number of hydrogen-bond acceptors (Lipinski definition) is 4. The molecule has 5 heteroatoms. The minimum atomic E-state index is -2.98. The maximum absolute atomic E-state index is 6.46. The number of furan rings is 1. The van der Waals surface area contributed by atoms with Crippen LogP contribution in [-0.2, 0) is 0 Å². The quantitative estimate of drug-likeness (QED) is 0.101. The van der Waals surface area contributed by atoms with Crippen LogP contribution in [0.3, 0.4) is 0 Å². The van der Waals surface area contributed by atoms with Crippen molar-refractivity contribution in [2.24, 2.45) is 0 Å². The van der Waals surface area contributed by atoms with Crippen LogP contribution in [-0.4, -0.2) is 8.07 Å². The first-order chi connectivity index (χ1) is 32.2. The summed E-state index contributed by atoms with van der Waals surface area (Å²) in [5.41, 5.74) is 8.30. The monoisotopic (exact) mass is 866 g/mol. The first kappa shape index (κ1) is 38.7. The Morgan fingerprint density at radius 1 is 0.277 bits per heavy atom. The number of benzene rings is 10. The molecule has 65 heavy (non-hydrogen) atoms. The van der Waals surface area contributed by atoms with Gasteiger partial charge in [0.15, 0.2) is 8.07 Å². The number of fused-ring (bicyclic) bond motifs is 6. The number of anilines is 6. The number of nitrogens with zero attached hydrogens (tertiary/aromatic N) is 2. The number of rotatable bonds is 10. The van der Waals surface area contributed by atoms with Crippen molar-refractivity contribution >= 4 is 116 Å². The van der Waals surface area contributed by atoms with E-state index in [9.17, 15) is 0 Å². The van der Waals surface area contributed by atoms with E-state index in [0.29, 0.717) is 0 Å². The first-order valence-electron chi connectivity index (χ1n) is 22.1.